The van der Waals surface area contributed by atoms with Crippen LogP contribution < -0.4 is 10.5 Å². The number of para-hydroxylation sites is 1. The van der Waals surface area contributed by atoms with Crippen molar-refractivity contribution in [3.63, 3.8) is 0 Å². The third-order valence-electron chi connectivity index (χ3n) is 3.39. The second kappa shape index (κ2) is 6.75. The van der Waals surface area contributed by atoms with Crippen molar-refractivity contribution in [1.82, 2.24) is 4.90 Å². The summed E-state index contributed by atoms with van der Waals surface area (Å²) in [7, 11) is 1.79. The molecule has 0 aromatic heterocycles. The molecule has 0 unspecified atom stereocenters. The van der Waals surface area contributed by atoms with Gasteiger partial charge >= 0.3 is 0 Å². The zero-order chi connectivity index (χ0) is 15.3. The molecule has 0 radical (unpaired) electrons. The number of nitrogens with zero attached hydrogens (tertiary/aromatic N) is 1. The first-order valence-corrected chi connectivity index (χ1v) is 6.90. The topological polar surface area (TPSA) is 55.6 Å². The molecule has 0 atom stereocenters. The predicted octanol–water partition coefficient (Wildman–Crippen LogP) is 2.13. The van der Waals surface area contributed by atoms with E-state index in [0.717, 1.165) is 16.9 Å². The summed E-state index contributed by atoms with van der Waals surface area (Å²) in [6, 6.07) is 5.94. The first-order valence-electron chi connectivity index (χ1n) is 6.90. The number of carbonyl (C=O) groups excluding carboxylic acids is 1. The van der Waals surface area contributed by atoms with Crippen molar-refractivity contribution < 1.29 is 9.53 Å². The van der Waals surface area contributed by atoms with Crippen LogP contribution in [0.3, 0.4) is 0 Å². The minimum absolute atomic E-state index is 0.0332. The maximum atomic E-state index is 12.1. The lowest BCUT2D eigenvalue weighted by Crippen LogP contribution is -2.41. The Bertz CT molecular complexity index is 449. The molecule has 1 aromatic rings. The highest BCUT2D eigenvalue weighted by molar-refractivity contribution is 5.77. The number of benzene rings is 1. The van der Waals surface area contributed by atoms with Gasteiger partial charge in [-0.15, -0.1) is 0 Å². The van der Waals surface area contributed by atoms with Crippen LogP contribution in [0.25, 0.3) is 0 Å². The first kappa shape index (κ1) is 16.5. The molecule has 112 valence electrons. The highest BCUT2D eigenvalue weighted by atomic mass is 16.5. The standard InChI is InChI=1S/C16H26N2O2/c1-12-7-6-8-13(2)15(12)20-9-14(19)18(5)11-16(3,4)10-17/h6-8H,9-11,17H2,1-5H3. The van der Waals surface area contributed by atoms with Gasteiger partial charge in [-0.05, 0) is 36.9 Å². The summed E-state index contributed by atoms with van der Waals surface area (Å²) in [5, 5.41) is 0. The van der Waals surface area contributed by atoms with Crippen LogP contribution in [0, 0.1) is 19.3 Å². The summed E-state index contributed by atoms with van der Waals surface area (Å²) < 4.78 is 5.68. The van der Waals surface area contributed by atoms with E-state index < -0.39 is 0 Å². The van der Waals surface area contributed by atoms with Gasteiger partial charge in [-0.1, -0.05) is 32.0 Å². The Labute approximate surface area is 121 Å². The van der Waals surface area contributed by atoms with Crippen molar-refractivity contribution in [2.75, 3.05) is 26.7 Å². The minimum atomic E-state index is -0.0804. The SMILES string of the molecule is Cc1cccc(C)c1OCC(=O)N(C)CC(C)(C)CN. The molecule has 20 heavy (non-hydrogen) atoms. The zero-order valence-corrected chi connectivity index (χ0v) is 13.2. The molecule has 0 saturated carbocycles. The van der Waals surface area contributed by atoms with Gasteiger partial charge in [0.1, 0.15) is 5.75 Å². The van der Waals surface area contributed by atoms with E-state index in [-0.39, 0.29) is 17.9 Å². The number of hydrogen-bond acceptors (Lipinski definition) is 3. The lowest BCUT2D eigenvalue weighted by Gasteiger charge is -2.29. The van der Waals surface area contributed by atoms with E-state index in [1.165, 1.54) is 0 Å². The number of hydrogen-bond donors (Lipinski definition) is 1. The summed E-state index contributed by atoms with van der Waals surface area (Å²) in [4.78, 5) is 13.8. The molecular formula is C16H26N2O2. The molecule has 0 spiro atoms. The molecular weight excluding hydrogens is 252 g/mol. The Hall–Kier alpha value is -1.55. The average Bonchev–Trinajstić information content (AvgIpc) is 2.37. The van der Waals surface area contributed by atoms with Crippen molar-refractivity contribution in [1.29, 1.82) is 0 Å². The summed E-state index contributed by atoms with van der Waals surface area (Å²) in [6.07, 6.45) is 0. The lowest BCUT2D eigenvalue weighted by molar-refractivity contribution is -0.133. The largest absolute Gasteiger partial charge is 0.483 e. The fourth-order valence-electron chi connectivity index (χ4n) is 2.07. The van der Waals surface area contributed by atoms with Gasteiger partial charge < -0.3 is 15.4 Å². The molecule has 1 aromatic carbocycles. The molecule has 1 rings (SSSR count). The molecule has 0 aliphatic rings. The van der Waals surface area contributed by atoms with E-state index in [4.69, 9.17) is 10.5 Å². The molecule has 0 saturated heterocycles. The predicted molar refractivity (Wildman–Crippen MR) is 81.9 cm³/mol. The van der Waals surface area contributed by atoms with Crippen molar-refractivity contribution in [3.05, 3.63) is 29.3 Å². The number of aryl methyl sites for hydroxylation is 2. The lowest BCUT2D eigenvalue weighted by atomic mass is 9.93. The number of amides is 1. The van der Waals surface area contributed by atoms with E-state index in [1.54, 1.807) is 11.9 Å². The Morgan fingerprint density at radius 3 is 2.35 bits per heavy atom. The van der Waals surface area contributed by atoms with Crippen LogP contribution in [0.15, 0.2) is 18.2 Å². The third kappa shape index (κ3) is 4.53. The van der Waals surface area contributed by atoms with E-state index >= 15 is 0 Å². The molecule has 0 aliphatic heterocycles. The van der Waals surface area contributed by atoms with Crippen LogP contribution in [0.4, 0.5) is 0 Å². The maximum absolute atomic E-state index is 12.1. The van der Waals surface area contributed by atoms with Crippen LogP contribution in [0.2, 0.25) is 0 Å². The van der Waals surface area contributed by atoms with Gasteiger partial charge in [0.2, 0.25) is 0 Å². The maximum Gasteiger partial charge on any atom is 0.260 e. The Morgan fingerprint density at radius 2 is 1.85 bits per heavy atom. The molecule has 0 fully saturated rings. The second-order valence-electron chi connectivity index (χ2n) is 6.13. The Morgan fingerprint density at radius 1 is 1.30 bits per heavy atom. The molecule has 0 aliphatic carbocycles. The molecule has 1 amide bonds. The van der Waals surface area contributed by atoms with Crippen LogP contribution in [-0.2, 0) is 4.79 Å². The highest BCUT2D eigenvalue weighted by Crippen LogP contribution is 2.22. The van der Waals surface area contributed by atoms with Gasteiger partial charge in [0.25, 0.3) is 5.91 Å². The number of rotatable bonds is 6. The van der Waals surface area contributed by atoms with Gasteiger partial charge in [0.05, 0.1) is 0 Å². The van der Waals surface area contributed by atoms with E-state index in [2.05, 4.69) is 0 Å². The molecule has 4 nitrogen and oxygen atoms in total. The summed E-state index contributed by atoms with van der Waals surface area (Å²) >= 11 is 0. The first-order chi connectivity index (χ1) is 9.26. The Balaban J connectivity index is 2.59. The van der Waals surface area contributed by atoms with Gasteiger partial charge in [-0.3, -0.25) is 4.79 Å². The minimum Gasteiger partial charge on any atom is -0.483 e. The van der Waals surface area contributed by atoms with Crippen molar-refractivity contribution in [3.8, 4) is 5.75 Å². The smallest absolute Gasteiger partial charge is 0.260 e. The summed E-state index contributed by atoms with van der Waals surface area (Å²) in [6.45, 7) is 9.28. The summed E-state index contributed by atoms with van der Waals surface area (Å²) in [5.74, 6) is 0.765. The quantitative estimate of drug-likeness (QED) is 0.867. The third-order valence-corrected chi connectivity index (χ3v) is 3.39. The molecule has 4 heteroatoms. The average molecular weight is 278 g/mol. The van der Waals surface area contributed by atoms with Crippen LogP contribution in [-0.4, -0.2) is 37.6 Å². The van der Waals surface area contributed by atoms with Crippen molar-refractivity contribution >= 4 is 5.91 Å². The summed E-state index contributed by atoms with van der Waals surface area (Å²) in [5.41, 5.74) is 7.70. The van der Waals surface area contributed by atoms with Gasteiger partial charge in [-0.2, -0.15) is 0 Å². The normalized spacial score (nSPS) is 11.3. The number of nitrogens with two attached hydrogens (primary N) is 1. The van der Waals surface area contributed by atoms with Crippen LogP contribution in [0.5, 0.6) is 5.75 Å². The van der Waals surface area contributed by atoms with E-state index in [1.807, 2.05) is 45.9 Å². The molecule has 0 bridgehead atoms. The van der Waals surface area contributed by atoms with Gasteiger partial charge in [-0.25, -0.2) is 0 Å². The van der Waals surface area contributed by atoms with E-state index in [0.29, 0.717) is 13.1 Å². The Kier molecular flexibility index (Phi) is 5.57. The van der Waals surface area contributed by atoms with Gasteiger partial charge in [0.15, 0.2) is 6.61 Å². The van der Waals surface area contributed by atoms with E-state index in [9.17, 15) is 4.79 Å². The van der Waals surface area contributed by atoms with Crippen LogP contribution >= 0.6 is 0 Å². The fraction of sp³-hybridized carbons (Fsp3) is 0.562. The zero-order valence-electron chi connectivity index (χ0n) is 13.2. The number of ether oxygens (including phenoxy) is 1. The molecule has 2 N–H and O–H groups in total. The second-order valence-corrected chi connectivity index (χ2v) is 6.13. The number of carbonyl (C=O) groups is 1. The molecule has 0 heterocycles. The monoisotopic (exact) mass is 278 g/mol. The van der Waals surface area contributed by atoms with Crippen LogP contribution in [0.1, 0.15) is 25.0 Å². The number of likely N-dealkylation sites (N-methyl/N-ethyl adjacent to an activating group) is 1. The highest BCUT2D eigenvalue weighted by Gasteiger charge is 2.21. The van der Waals surface area contributed by atoms with Gasteiger partial charge in [0, 0.05) is 13.6 Å². The fourth-order valence-corrected chi connectivity index (χ4v) is 2.07. The van der Waals surface area contributed by atoms with Crippen molar-refractivity contribution in [2.45, 2.75) is 27.7 Å². The van der Waals surface area contributed by atoms with Crippen molar-refractivity contribution in [2.24, 2.45) is 11.1 Å².